The molecule has 0 atom stereocenters. The number of carbonyl (C=O) groups is 1. The number of nitrogens with zero attached hydrogens (tertiary/aromatic N) is 3. The van der Waals surface area contributed by atoms with Gasteiger partial charge in [-0.1, -0.05) is 12.1 Å². The van der Waals surface area contributed by atoms with Gasteiger partial charge in [0.2, 0.25) is 5.91 Å². The lowest BCUT2D eigenvalue weighted by Crippen LogP contribution is -2.47. The van der Waals surface area contributed by atoms with Crippen molar-refractivity contribution in [2.75, 3.05) is 31.1 Å². The first-order chi connectivity index (χ1) is 14.6. The van der Waals surface area contributed by atoms with Crippen molar-refractivity contribution in [3.8, 4) is 0 Å². The van der Waals surface area contributed by atoms with Gasteiger partial charge in [-0.15, -0.1) is 24.0 Å². The zero-order valence-corrected chi connectivity index (χ0v) is 21.1. The maximum absolute atomic E-state index is 12.7. The third-order valence-corrected chi connectivity index (χ3v) is 6.57. The van der Waals surface area contributed by atoms with Crippen molar-refractivity contribution in [2.24, 2.45) is 10.9 Å². The number of guanidine groups is 1. The van der Waals surface area contributed by atoms with E-state index >= 15 is 0 Å². The molecule has 2 aliphatic rings. The summed E-state index contributed by atoms with van der Waals surface area (Å²) in [6, 6.07) is 6.86. The molecule has 8 nitrogen and oxygen atoms in total. The fraction of sp³-hybridized carbons (Fsp3) is 0.619. The topological polar surface area (TPSA) is 99.9 Å². The van der Waals surface area contributed by atoms with E-state index in [0.717, 1.165) is 62.4 Å². The second-order valence-corrected chi connectivity index (χ2v) is 8.98. The van der Waals surface area contributed by atoms with Crippen molar-refractivity contribution in [3.63, 3.8) is 0 Å². The Balaban J connectivity index is 0.00000341. The highest BCUT2D eigenvalue weighted by atomic mass is 127. The highest BCUT2D eigenvalue weighted by Crippen LogP contribution is 2.27. The summed E-state index contributed by atoms with van der Waals surface area (Å²) < 4.78 is 0. The van der Waals surface area contributed by atoms with Crippen LogP contribution in [0.2, 0.25) is 0 Å². The van der Waals surface area contributed by atoms with Crippen LogP contribution in [0.3, 0.4) is 0 Å². The van der Waals surface area contributed by atoms with E-state index in [2.05, 4.69) is 15.6 Å². The molecule has 0 aromatic heterocycles. The Morgan fingerprint density at radius 1 is 1.26 bits per heavy atom. The summed E-state index contributed by atoms with van der Waals surface area (Å²) in [5.41, 5.74) is 0.881. The minimum Gasteiger partial charge on any atom is -0.357 e. The predicted octanol–water partition coefficient (Wildman–Crippen LogP) is 3.40. The van der Waals surface area contributed by atoms with Gasteiger partial charge in [0.1, 0.15) is 0 Å². The number of aliphatic imine (C=N–C) groups is 1. The van der Waals surface area contributed by atoms with Gasteiger partial charge in [-0.2, -0.15) is 11.8 Å². The number of hydrogen-bond donors (Lipinski definition) is 2. The maximum atomic E-state index is 12.7. The van der Waals surface area contributed by atoms with Crippen molar-refractivity contribution in [3.05, 3.63) is 39.9 Å². The van der Waals surface area contributed by atoms with Crippen molar-refractivity contribution in [2.45, 2.75) is 45.2 Å². The number of halogens is 1. The summed E-state index contributed by atoms with van der Waals surface area (Å²) >= 11 is 1.92. The highest BCUT2D eigenvalue weighted by molar-refractivity contribution is 14.0. The second-order valence-electron chi connectivity index (χ2n) is 7.75. The molecule has 1 aromatic carbocycles. The Morgan fingerprint density at radius 2 is 1.97 bits per heavy atom. The quantitative estimate of drug-likeness (QED) is 0.182. The van der Waals surface area contributed by atoms with E-state index in [1.54, 1.807) is 12.1 Å². The minimum atomic E-state index is -0.390. The van der Waals surface area contributed by atoms with Gasteiger partial charge in [0.05, 0.1) is 11.5 Å². The molecule has 1 saturated heterocycles. The molecule has 1 amide bonds. The highest BCUT2D eigenvalue weighted by Gasteiger charge is 2.30. The Bertz CT molecular complexity index is 765. The number of carbonyl (C=O) groups excluding carboxylic acids is 1. The third-order valence-electron chi connectivity index (χ3n) is 5.63. The first kappa shape index (κ1) is 25.7. The number of nitrogens with one attached hydrogen (secondary N) is 2. The molecular formula is C21H32IN5O3S. The third kappa shape index (κ3) is 7.81. The normalized spacial score (nSPS) is 21.7. The Kier molecular flexibility index (Phi) is 10.9. The van der Waals surface area contributed by atoms with Crippen LogP contribution in [-0.4, -0.2) is 58.9 Å². The molecule has 0 spiro atoms. The van der Waals surface area contributed by atoms with Crippen LogP contribution >= 0.6 is 35.7 Å². The standard InChI is InChI=1S/C21H31N5O3S.HI/c1-2-22-21(23-15-16-4-3-5-19(14-16)26(28)29)24-18-8-6-17(7-9-18)20(27)25-10-12-30-13-11-25;/h3-5,14,17-18H,2,6-13,15H2,1H3,(H2,22,23,24);1H. The summed E-state index contributed by atoms with van der Waals surface area (Å²) in [4.78, 5) is 29.9. The molecule has 1 saturated carbocycles. The van der Waals surface area contributed by atoms with Gasteiger partial charge in [0.25, 0.3) is 5.69 Å². The molecular weight excluding hydrogens is 529 g/mol. The SMILES string of the molecule is CCNC(=NCc1cccc([N+](=O)[O-])c1)NC1CCC(C(=O)N2CCSCC2)CC1.I. The zero-order valence-electron chi connectivity index (χ0n) is 17.9. The number of amides is 1. The van der Waals surface area contributed by atoms with E-state index in [1.807, 2.05) is 29.7 Å². The van der Waals surface area contributed by atoms with E-state index in [-0.39, 0.29) is 46.5 Å². The van der Waals surface area contributed by atoms with Crippen LogP contribution in [0.1, 0.15) is 38.2 Å². The van der Waals surface area contributed by atoms with Crippen molar-refractivity contribution in [1.82, 2.24) is 15.5 Å². The molecule has 172 valence electrons. The number of rotatable bonds is 6. The Hall–Kier alpha value is -1.56. The largest absolute Gasteiger partial charge is 0.357 e. The molecule has 1 aliphatic heterocycles. The van der Waals surface area contributed by atoms with Gasteiger partial charge >= 0.3 is 0 Å². The van der Waals surface area contributed by atoms with Crippen LogP contribution in [0.25, 0.3) is 0 Å². The minimum absolute atomic E-state index is 0. The molecule has 2 N–H and O–H groups in total. The summed E-state index contributed by atoms with van der Waals surface area (Å²) in [5, 5.41) is 17.7. The number of non-ortho nitro benzene ring substituents is 1. The van der Waals surface area contributed by atoms with Crippen molar-refractivity contribution >= 4 is 53.3 Å². The predicted molar refractivity (Wildman–Crippen MR) is 136 cm³/mol. The lowest BCUT2D eigenvalue weighted by atomic mass is 9.85. The van der Waals surface area contributed by atoms with Gasteiger partial charge < -0.3 is 15.5 Å². The van der Waals surface area contributed by atoms with Crippen LogP contribution in [0.4, 0.5) is 5.69 Å². The molecule has 1 heterocycles. The van der Waals surface area contributed by atoms with Gasteiger partial charge in [0, 0.05) is 55.2 Å². The molecule has 0 radical (unpaired) electrons. The fourth-order valence-corrected chi connectivity index (χ4v) is 4.88. The second kappa shape index (κ2) is 13.1. The average molecular weight is 561 g/mol. The molecule has 1 aromatic rings. The van der Waals surface area contributed by atoms with Crippen LogP contribution in [-0.2, 0) is 11.3 Å². The van der Waals surface area contributed by atoms with Crippen molar-refractivity contribution < 1.29 is 9.72 Å². The van der Waals surface area contributed by atoms with E-state index in [9.17, 15) is 14.9 Å². The molecule has 10 heteroatoms. The summed E-state index contributed by atoms with van der Waals surface area (Å²) in [6.07, 6.45) is 3.70. The van der Waals surface area contributed by atoms with Gasteiger partial charge in [-0.25, -0.2) is 4.99 Å². The fourth-order valence-electron chi connectivity index (χ4n) is 3.98. The monoisotopic (exact) mass is 561 g/mol. The molecule has 1 aliphatic carbocycles. The molecule has 3 rings (SSSR count). The Morgan fingerprint density at radius 3 is 2.61 bits per heavy atom. The van der Waals surface area contributed by atoms with E-state index in [0.29, 0.717) is 18.4 Å². The maximum Gasteiger partial charge on any atom is 0.269 e. The number of benzene rings is 1. The summed E-state index contributed by atoms with van der Waals surface area (Å²) in [7, 11) is 0. The molecule has 31 heavy (non-hydrogen) atoms. The van der Waals surface area contributed by atoms with Gasteiger partial charge in [-0.05, 0) is 38.2 Å². The molecule has 0 bridgehead atoms. The summed E-state index contributed by atoms with van der Waals surface area (Å²) in [6.45, 7) is 4.89. The van der Waals surface area contributed by atoms with Crippen LogP contribution < -0.4 is 10.6 Å². The first-order valence-electron chi connectivity index (χ1n) is 10.7. The van der Waals surface area contributed by atoms with Crippen molar-refractivity contribution in [1.29, 1.82) is 0 Å². The average Bonchev–Trinajstić information content (AvgIpc) is 2.78. The lowest BCUT2D eigenvalue weighted by molar-refractivity contribution is -0.384. The van der Waals surface area contributed by atoms with Crippen LogP contribution in [0, 0.1) is 16.0 Å². The Labute approximate surface area is 205 Å². The van der Waals surface area contributed by atoms with E-state index in [1.165, 1.54) is 6.07 Å². The molecule has 0 unspecified atom stereocenters. The van der Waals surface area contributed by atoms with E-state index in [4.69, 9.17) is 0 Å². The van der Waals surface area contributed by atoms with Crippen LogP contribution in [0.5, 0.6) is 0 Å². The number of nitro groups is 1. The summed E-state index contributed by atoms with van der Waals surface area (Å²) in [5.74, 6) is 3.30. The number of nitro benzene ring substituents is 1. The lowest BCUT2D eigenvalue weighted by Gasteiger charge is -2.34. The van der Waals surface area contributed by atoms with Crippen LogP contribution in [0.15, 0.2) is 29.3 Å². The number of hydrogen-bond acceptors (Lipinski definition) is 5. The smallest absolute Gasteiger partial charge is 0.269 e. The van der Waals surface area contributed by atoms with Gasteiger partial charge in [-0.3, -0.25) is 14.9 Å². The van der Waals surface area contributed by atoms with E-state index < -0.39 is 0 Å². The van der Waals surface area contributed by atoms with Gasteiger partial charge in [0.15, 0.2) is 5.96 Å². The zero-order chi connectivity index (χ0) is 21.3. The molecule has 2 fully saturated rings. The first-order valence-corrected chi connectivity index (χ1v) is 11.9. The number of thioether (sulfide) groups is 1.